The van der Waals surface area contributed by atoms with E-state index in [0.717, 1.165) is 64.2 Å². The van der Waals surface area contributed by atoms with Crippen molar-refractivity contribution >= 4 is 43.3 Å². The van der Waals surface area contributed by atoms with Crippen LogP contribution in [0.3, 0.4) is 0 Å². The molecule has 1 aliphatic rings. The second-order valence-electron chi connectivity index (χ2n) is 10.0. The van der Waals surface area contributed by atoms with Crippen molar-refractivity contribution < 1.29 is 16.5 Å². The van der Waals surface area contributed by atoms with E-state index in [-0.39, 0.29) is 23.1 Å². The maximum atomic E-state index is 14.0. The van der Waals surface area contributed by atoms with Gasteiger partial charge in [0.1, 0.15) is 5.65 Å². The number of halogens is 1. The highest BCUT2D eigenvalue weighted by atomic mass is 32.3. The fraction of sp³-hybridized carbons (Fsp3) is 0.241. The zero-order valence-electron chi connectivity index (χ0n) is 20.8. The number of nitrogens with one attached hydrogen (secondary N) is 1. The molecule has 0 amide bonds. The maximum Gasteiger partial charge on any atom is 0.488 e. The molecule has 1 saturated carbocycles. The molecule has 6 rings (SSSR count). The maximum absolute atomic E-state index is 14.0. The number of fused-ring (bicyclic) bond motifs is 4. The van der Waals surface area contributed by atoms with Crippen LogP contribution < -0.4 is 9.61 Å². The molecule has 0 atom stereocenters. The molecule has 192 valence electrons. The molecule has 1 fully saturated rings. The number of H-pyrrole nitrogens is 1. The standard InChI is InChI=1S/C29H24FN3O4S/c1-4-17-8-9-21-25(10-17)32-29-27(21)28(34)24-12-22(16(2)3)23(13-26(24)33(29)19-6-5-7-19)18-11-20(15-31-14-18)37-38(30,35)36/h1,8-16,19,32H,5-7H2,2-3H3. The fourth-order valence-corrected chi connectivity index (χ4v) is 5.72. The number of terminal acetylenes is 1. The molecular weight excluding hydrogens is 505 g/mol. The number of benzene rings is 2. The van der Waals surface area contributed by atoms with Gasteiger partial charge in [0.25, 0.3) is 0 Å². The van der Waals surface area contributed by atoms with Crippen molar-refractivity contribution in [2.75, 3.05) is 0 Å². The Kier molecular flexibility index (Phi) is 5.54. The van der Waals surface area contributed by atoms with E-state index in [1.54, 1.807) is 6.20 Å². The number of aromatic amines is 1. The lowest BCUT2D eigenvalue weighted by Crippen LogP contribution is -2.21. The van der Waals surface area contributed by atoms with Crippen molar-refractivity contribution in [1.29, 1.82) is 0 Å². The number of rotatable bonds is 5. The normalized spacial score (nSPS) is 14.3. The Morgan fingerprint density at radius 3 is 2.61 bits per heavy atom. The second-order valence-corrected chi connectivity index (χ2v) is 11.0. The molecule has 7 nitrogen and oxygen atoms in total. The Balaban J connectivity index is 1.70. The van der Waals surface area contributed by atoms with Gasteiger partial charge in [0.2, 0.25) is 0 Å². The topological polar surface area (TPSA) is 94.1 Å². The minimum atomic E-state index is -5.20. The molecule has 0 radical (unpaired) electrons. The number of hydrogen-bond acceptors (Lipinski definition) is 5. The third-order valence-corrected chi connectivity index (χ3v) is 7.76. The van der Waals surface area contributed by atoms with E-state index < -0.39 is 10.5 Å². The summed E-state index contributed by atoms with van der Waals surface area (Å²) in [5.74, 6) is 2.45. The van der Waals surface area contributed by atoms with Crippen molar-refractivity contribution in [3.8, 4) is 29.2 Å². The Hall–Kier alpha value is -4.16. The van der Waals surface area contributed by atoms with Crippen LogP contribution >= 0.6 is 0 Å². The molecule has 0 unspecified atom stereocenters. The van der Waals surface area contributed by atoms with Gasteiger partial charge in [-0.25, -0.2) is 0 Å². The summed E-state index contributed by atoms with van der Waals surface area (Å²) in [5, 5.41) is 2.07. The van der Waals surface area contributed by atoms with Gasteiger partial charge in [-0.15, -0.1) is 6.42 Å². The zero-order chi connectivity index (χ0) is 26.8. The first-order valence-electron chi connectivity index (χ1n) is 12.4. The molecule has 0 saturated heterocycles. The summed E-state index contributed by atoms with van der Waals surface area (Å²) in [4.78, 5) is 21.6. The van der Waals surface area contributed by atoms with Crippen LogP contribution in [0.25, 0.3) is 44.0 Å². The highest BCUT2D eigenvalue weighted by Crippen LogP contribution is 2.40. The van der Waals surface area contributed by atoms with E-state index in [1.807, 2.05) is 44.2 Å². The first-order chi connectivity index (χ1) is 18.1. The van der Waals surface area contributed by atoms with Gasteiger partial charge in [-0.05, 0) is 66.6 Å². The Morgan fingerprint density at radius 1 is 1.16 bits per heavy atom. The fourth-order valence-electron chi connectivity index (χ4n) is 5.40. The molecule has 3 heterocycles. The molecule has 2 aromatic carbocycles. The summed E-state index contributed by atoms with van der Waals surface area (Å²) in [5.41, 5.74) is 5.17. The van der Waals surface area contributed by atoms with Crippen LogP contribution in [0.4, 0.5) is 3.89 Å². The lowest BCUT2D eigenvalue weighted by atomic mass is 9.89. The number of hydrogen-bond donors (Lipinski definition) is 1. The molecule has 1 aliphatic carbocycles. The van der Waals surface area contributed by atoms with Crippen molar-refractivity contribution in [2.24, 2.45) is 0 Å². The Labute approximate surface area is 218 Å². The third-order valence-electron chi connectivity index (χ3n) is 7.37. The van der Waals surface area contributed by atoms with Crippen LogP contribution in [0.5, 0.6) is 5.75 Å². The van der Waals surface area contributed by atoms with E-state index >= 15 is 0 Å². The molecule has 9 heteroatoms. The quantitative estimate of drug-likeness (QED) is 0.219. The summed E-state index contributed by atoms with van der Waals surface area (Å²) in [7, 11) is -5.20. The first-order valence-corrected chi connectivity index (χ1v) is 13.7. The van der Waals surface area contributed by atoms with Crippen LogP contribution in [0.2, 0.25) is 0 Å². The minimum Gasteiger partial charge on any atom is -0.357 e. The van der Waals surface area contributed by atoms with Gasteiger partial charge in [0.15, 0.2) is 11.2 Å². The molecule has 1 N–H and O–H groups in total. The van der Waals surface area contributed by atoms with Gasteiger partial charge < -0.3 is 13.7 Å². The van der Waals surface area contributed by atoms with Gasteiger partial charge in [0.05, 0.1) is 17.1 Å². The van der Waals surface area contributed by atoms with Gasteiger partial charge in [-0.3, -0.25) is 9.78 Å². The predicted molar refractivity (Wildman–Crippen MR) is 146 cm³/mol. The summed E-state index contributed by atoms with van der Waals surface area (Å²) >= 11 is 0. The zero-order valence-corrected chi connectivity index (χ0v) is 21.6. The molecule has 3 aromatic heterocycles. The van der Waals surface area contributed by atoms with Crippen molar-refractivity contribution in [2.45, 2.75) is 45.1 Å². The number of pyridine rings is 2. The SMILES string of the molecule is C#Cc1ccc2c(c1)[nH]c1c2c(=O)c2cc(C(C)C)c(-c3cncc(OS(=O)(=O)F)c3)cc2n1C1CCC1. The predicted octanol–water partition coefficient (Wildman–Crippen LogP) is 6.12. The van der Waals surface area contributed by atoms with Gasteiger partial charge in [-0.1, -0.05) is 29.7 Å². The smallest absolute Gasteiger partial charge is 0.357 e. The van der Waals surface area contributed by atoms with Crippen LogP contribution in [0, 0.1) is 12.3 Å². The third kappa shape index (κ3) is 3.92. The summed E-state index contributed by atoms with van der Waals surface area (Å²) in [6, 6.07) is 11.1. The van der Waals surface area contributed by atoms with E-state index in [2.05, 4.69) is 24.6 Å². The number of nitrogens with zero attached hydrogens (tertiary/aromatic N) is 2. The molecule has 38 heavy (non-hydrogen) atoms. The number of aromatic nitrogens is 3. The Bertz CT molecular complexity index is 1980. The molecule has 0 spiro atoms. The highest BCUT2D eigenvalue weighted by molar-refractivity contribution is 7.81. The molecular formula is C29H24FN3O4S. The molecule has 5 aromatic rings. The largest absolute Gasteiger partial charge is 0.488 e. The highest BCUT2D eigenvalue weighted by Gasteiger charge is 2.27. The van der Waals surface area contributed by atoms with Crippen LogP contribution in [0.1, 0.15) is 56.2 Å². The van der Waals surface area contributed by atoms with E-state index in [9.17, 15) is 17.1 Å². The van der Waals surface area contributed by atoms with Gasteiger partial charge in [-0.2, -0.15) is 8.42 Å². The van der Waals surface area contributed by atoms with Crippen LogP contribution in [-0.4, -0.2) is 23.0 Å². The van der Waals surface area contributed by atoms with Crippen molar-refractivity contribution in [3.05, 3.63) is 70.1 Å². The average Bonchev–Trinajstić information content (AvgIpc) is 3.22. The van der Waals surface area contributed by atoms with Crippen LogP contribution in [-0.2, 0) is 10.5 Å². The molecule has 0 aliphatic heterocycles. The first kappa shape index (κ1) is 24.2. The van der Waals surface area contributed by atoms with Crippen molar-refractivity contribution in [1.82, 2.24) is 14.5 Å². The van der Waals surface area contributed by atoms with Crippen LogP contribution in [0.15, 0.2) is 53.6 Å². The van der Waals surface area contributed by atoms with E-state index in [4.69, 9.17) is 6.42 Å². The van der Waals surface area contributed by atoms with Gasteiger partial charge in [0, 0.05) is 39.7 Å². The van der Waals surface area contributed by atoms with Crippen molar-refractivity contribution in [3.63, 3.8) is 0 Å². The Morgan fingerprint density at radius 2 is 1.95 bits per heavy atom. The monoisotopic (exact) mass is 529 g/mol. The molecule has 0 bridgehead atoms. The minimum absolute atomic E-state index is 0.0253. The average molecular weight is 530 g/mol. The van der Waals surface area contributed by atoms with E-state index in [0.29, 0.717) is 16.3 Å². The lowest BCUT2D eigenvalue weighted by Gasteiger charge is -2.31. The lowest BCUT2D eigenvalue weighted by molar-refractivity contribution is 0.327. The summed E-state index contributed by atoms with van der Waals surface area (Å²) in [6.45, 7) is 4.03. The van der Waals surface area contributed by atoms with E-state index in [1.165, 1.54) is 6.07 Å². The second kappa shape index (κ2) is 8.71. The summed E-state index contributed by atoms with van der Waals surface area (Å²) in [6.07, 6.45) is 11.4. The summed E-state index contributed by atoms with van der Waals surface area (Å²) < 4.78 is 42.0. The van der Waals surface area contributed by atoms with Gasteiger partial charge >= 0.3 is 10.5 Å².